The highest BCUT2D eigenvalue weighted by molar-refractivity contribution is 7.10. The molecule has 1 N–H and O–H groups in total. The largest absolute Gasteiger partial charge is 0.309 e. The van der Waals surface area contributed by atoms with Crippen molar-refractivity contribution in [1.29, 1.82) is 0 Å². The summed E-state index contributed by atoms with van der Waals surface area (Å²) in [5.74, 6) is 0. The van der Waals surface area contributed by atoms with E-state index in [-0.39, 0.29) is 0 Å². The molecule has 0 aliphatic carbocycles. The summed E-state index contributed by atoms with van der Waals surface area (Å²) in [5.41, 5.74) is 1.39. The van der Waals surface area contributed by atoms with Crippen LogP contribution in [0, 0.1) is 6.92 Å². The van der Waals surface area contributed by atoms with Crippen molar-refractivity contribution in [1.82, 2.24) is 5.32 Å². The predicted octanol–water partition coefficient (Wildman–Crippen LogP) is 3.67. The average Bonchev–Trinajstić information content (AvgIpc) is 2.59. The maximum atomic E-state index is 3.81. The summed E-state index contributed by atoms with van der Waals surface area (Å²) >= 11 is 1.84. The Labute approximate surface area is 90.9 Å². The van der Waals surface area contributed by atoms with E-state index in [0.29, 0.717) is 6.04 Å². The van der Waals surface area contributed by atoms with Gasteiger partial charge in [-0.2, -0.15) is 0 Å². The molecular formula is C12H19NS. The molecule has 1 heterocycles. The van der Waals surface area contributed by atoms with Crippen molar-refractivity contribution in [3.63, 3.8) is 0 Å². The number of nitrogens with one attached hydrogen (secondary N) is 1. The van der Waals surface area contributed by atoms with E-state index in [1.165, 1.54) is 16.9 Å². The van der Waals surface area contributed by atoms with Gasteiger partial charge in [0.25, 0.3) is 0 Å². The van der Waals surface area contributed by atoms with Gasteiger partial charge in [0.05, 0.1) is 0 Å². The van der Waals surface area contributed by atoms with E-state index in [1.807, 2.05) is 17.4 Å². The minimum atomic E-state index is 0.465. The third-order valence-corrected chi connectivity index (χ3v) is 3.39. The predicted molar refractivity (Wildman–Crippen MR) is 64.9 cm³/mol. The van der Waals surface area contributed by atoms with E-state index < -0.39 is 0 Å². The van der Waals surface area contributed by atoms with Gasteiger partial charge < -0.3 is 5.32 Å². The molecule has 78 valence electrons. The van der Waals surface area contributed by atoms with Crippen LogP contribution in [0.3, 0.4) is 0 Å². The molecule has 0 saturated carbocycles. The van der Waals surface area contributed by atoms with Crippen molar-refractivity contribution >= 4 is 11.3 Å². The van der Waals surface area contributed by atoms with Gasteiger partial charge in [0.2, 0.25) is 0 Å². The molecule has 0 aromatic carbocycles. The van der Waals surface area contributed by atoms with Gasteiger partial charge >= 0.3 is 0 Å². The number of hydrogen-bond acceptors (Lipinski definition) is 2. The number of thiophene rings is 1. The number of rotatable bonds is 6. The summed E-state index contributed by atoms with van der Waals surface area (Å²) in [6, 6.07) is 2.65. The fourth-order valence-electron chi connectivity index (χ4n) is 1.51. The van der Waals surface area contributed by atoms with E-state index >= 15 is 0 Å². The Kier molecular flexibility index (Phi) is 4.91. The quantitative estimate of drug-likeness (QED) is 0.705. The topological polar surface area (TPSA) is 12.0 Å². The molecule has 1 rings (SSSR count). The van der Waals surface area contributed by atoms with Crippen LogP contribution < -0.4 is 5.32 Å². The third kappa shape index (κ3) is 2.96. The first-order chi connectivity index (χ1) is 6.79. The molecule has 1 unspecified atom stereocenters. The van der Waals surface area contributed by atoms with Gasteiger partial charge in [-0.15, -0.1) is 17.9 Å². The van der Waals surface area contributed by atoms with Crippen molar-refractivity contribution in [2.24, 2.45) is 0 Å². The standard InChI is InChI=1S/C12H19NS/c1-4-6-11(13-8-5-2)12-10(3)7-9-14-12/h4,7,9,11,13H,1,5-6,8H2,2-3H3. The van der Waals surface area contributed by atoms with Crippen LogP contribution in [-0.2, 0) is 0 Å². The zero-order chi connectivity index (χ0) is 10.4. The van der Waals surface area contributed by atoms with Gasteiger partial charge in [0.1, 0.15) is 0 Å². The van der Waals surface area contributed by atoms with Crippen LogP contribution >= 0.6 is 11.3 Å². The lowest BCUT2D eigenvalue weighted by Gasteiger charge is -2.16. The third-order valence-electron chi connectivity index (χ3n) is 2.26. The maximum Gasteiger partial charge on any atom is 0.0452 e. The second-order valence-corrected chi connectivity index (χ2v) is 4.45. The highest BCUT2D eigenvalue weighted by Crippen LogP contribution is 2.26. The van der Waals surface area contributed by atoms with E-state index in [1.54, 1.807) is 0 Å². The molecule has 1 nitrogen and oxygen atoms in total. The van der Waals surface area contributed by atoms with Crippen molar-refractivity contribution in [3.8, 4) is 0 Å². The van der Waals surface area contributed by atoms with Gasteiger partial charge in [-0.05, 0) is 43.3 Å². The normalized spacial score (nSPS) is 12.7. The molecule has 0 saturated heterocycles. The monoisotopic (exact) mass is 209 g/mol. The molecular weight excluding hydrogens is 190 g/mol. The molecule has 1 atom stereocenters. The summed E-state index contributed by atoms with van der Waals surface area (Å²) < 4.78 is 0. The van der Waals surface area contributed by atoms with Crippen LogP contribution in [0.2, 0.25) is 0 Å². The lowest BCUT2D eigenvalue weighted by Crippen LogP contribution is -2.21. The highest BCUT2D eigenvalue weighted by atomic mass is 32.1. The molecule has 0 bridgehead atoms. The first-order valence-corrected chi connectivity index (χ1v) is 6.05. The van der Waals surface area contributed by atoms with Crippen molar-refractivity contribution < 1.29 is 0 Å². The Bertz CT molecular complexity index is 278. The Morgan fingerprint density at radius 2 is 2.43 bits per heavy atom. The van der Waals surface area contributed by atoms with E-state index in [0.717, 1.165) is 13.0 Å². The van der Waals surface area contributed by atoms with Gasteiger partial charge in [-0.1, -0.05) is 13.0 Å². The SMILES string of the molecule is C=CCC(NCCC)c1sccc1C. The zero-order valence-electron chi connectivity index (χ0n) is 9.05. The van der Waals surface area contributed by atoms with Crippen molar-refractivity contribution in [2.75, 3.05) is 6.54 Å². The Morgan fingerprint density at radius 1 is 1.64 bits per heavy atom. The zero-order valence-corrected chi connectivity index (χ0v) is 9.86. The van der Waals surface area contributed by atoms with E-state index in [2.05, 4.69) is 37.2 Å². The molecule has 0 aliphatic heterocycles. The van der Waals surface area contributed by atoms with E-state index in [9.17, 15) is 0 Å². The van der Waals surface area contributed by atoms with Crippen LogP contribution in [0.15, 0.2) is 24.1 Å². The molecule has 1 aromatic heterocycles. The molecule has 0 spiro atoms. The van der Waals surface area contributed by atoms with Crippen molar-refractivity contribution in [2.45, 2.75) is 32.7 Å². The summed E-state index contributed by atoms with van der Waals surface area (Å²) in [7, 11) is 0. The molecule has 0 fully saturated rings. The lowest BCUT2D eigenvalue weighted by atomic mass is 10.1. The Hall–Kier alpha value is -0.600. The van der Waals surface area contributed by atoms with Gasteiger partial charge in [-0.3, -0.25) is 0 Å². The average molecular weight is 209 g/mol. The molecule has 0 radical (unpaired) electrons. The molecule has 0 amide bonds. The van der Waals surface area contributed by atoms with Crippen LogP contribution in [0.25, 0.3) is 0 Å². The summed E-state index contributed by atoms with van der Waals surface area (Å²) in [6.07, 6.45) is 4.19. The Balaban J connectivity index is 2.66. The van der Waals surface area contributed by atoms with Crippen LogP contribution in [0.5, 0.6) is 0 Å². The summed E-state index contributed by atoms with van der Waals surface area (Å²) in [6.45, 7) is 9.26. The fraction of sp³-hybridized carbons (Fsp3) is 0.500. The lowest BCUT2D eigenvalue weighted by molar-refractivity contribution is 0.543. The van der Waals surface area contributed by atoms with Crippen LogP contribution in [0.1, 0.15) is 36.2 Å². The molecule has 1 aromatic rings. The summed E-state index contributed by atoms with van der Waals surface area (Å²) in [4.78, 5) is 1.46. The second-order valence-electron chi connectivity index (χ2n) is 3.50. The minimum Gasteiger partial charge on any atom is -0.309 e. The first kappa shape index (κ1) is 11.5. The molecule has 14 heavy (non-hydrogen) atoms. The van der Waals surface area contributed by atoms with Crippen molar-refractivity contribution in [3.05, 3.63) is 34.5 Å². The van der Waals surface area contributed by atoms with Crippen LogP contribution in [-0.4, -0.2) is 6.54 Å². The smallest absolute Gasteiger partial charge is 0.0452 e. The van der Waals surface area contributed by atoms with Gasteiger partial charge in [0.15, 0.2) is 0 Å². The molecule has 2 heteroatoms. The van der Waals surface area contributed by atoms with Gasteiger partial charge in [0, 0.05) is 10.9 Å². The highest BCUT2D eigenvalue weighted by Gasteiger charge is 2.12. The fourth-order valence-corrected chi connectivity index (χ4v) is 2.53. The minimum absolute atomic E-state index is 0.465. The van der Waals surface area contributed by atoms with Crippen LogP contribution in [0.4, 0.5) is 0 Å². The van der Waals surface area contributed by atoms with Gasteiger partial charge in [-0.25, -0.2) is 0 Å². The molecule has 0 aliphatic rings. The second kappa shape index (κ2) is 5.99. The maximum absolute atomic E-state index is 3.81. The summed E-state index contributed by atoms with van der Waals surface area (Å²) in [5, 5.41) is 5.71. The van der Waals surface area contributed by atoms with E-state index in [4.69, 9.17) is 0 Å². The number of aryl methyl sites for hydroxylation is 1. The Morgan fingerprint density at radius 3 is 2.93 bits per heavy atom. The first-order valence-electron chi connectivity index (χ1n) is 5.17. The number of hydrogen-bond donors (Lipinski definition) is 1.